The smallest absolute Gasteiger partial charge is 0.0366 e. The number of aryl methyl sites for hydroxylation is 1. The average Bonchev–Trinajstić information content (AvgIpc) is 2.27. The first kappa shape index (κ1) is 13.0. The fourth-order valence-electron chi connectivity index (χ4n) is 1.92. The Bertz CT molecular complexity index is 292. The molecule has 0 heterocycles. The van der Waals surface area contributed by atoms with Crippen molar-refractivity contribution in [2.24, 2.45) is 11.7 Å². The van der Waals surface area contributed by atoms with Crippen LogP contribution in [0.1, 0.15) is 25.8 Å². The van der Waals surface area contributed by atoms with Crippen LogP contribution < -0.4 is 10.6 Å². The minimum atomic E-state index is 0.659. The highest BCUT2D eigenvalue weighted by atomic mass is 15.1. The fraction of sp³-hybridized carbons (Fsp3) is 0.571. The largest absolute Gasteiger partial charge is 0.372 e. The Morgan fingerprint density at radius 1 is 1.25 bits per heavy atom. The molecule has 90 valence electrons. The third-order valence-corrected chi connectivity index (χ3v) is 2.97. The number of nitrogens with zero attached hydrogens (tertiary/aromatic N) is 1. The van der Waals surface area contributed by atoms with Crippen LogP contribution in [0.3, 0.4) is 0 Å². The van der Waals surface area contributed by atoms with Gasteiger partial charge in [0.15, 0.2) is 0 Å². The van der Waals surface area contributed by atoms with Crippen LogP contribution in [0.4, 0.5) is 5.69 Å². The van der Waals surface area contributed by atoms with Crippen molar-refractivity contribution in [2.75, 3.05) is 24.5 Å². The maximum atomic E-state index is 5.59. The summed E-state index contributed by atoms with van der Waals surface area (Å²) in [5.41, 5.74) is 8.22. The second-order valence-corrected chi connectivity index (χ2v) is 4.56. The molecule has 0 saturated carbocycles. The van der Waals surface area contributed by atoms with Gasteiger partial charge in [-0.2, -0.15) is 0 Å². The molecule has 0 saturated heterocycles. The zero-order chi connectivity index (χ0) is 12.0. The van der Waals surface area contributed by atoms with E-state index in [1.54, 1.807) is 0 Å². The summed E-state index contributed by atoms with van der Waals surface area (Å²) < 4.78 is 0. The van der Waals surface area contributed by atoms with Gasteiger partial charge >= 0.3 is 0 Å². The van der Waals surface area contributed by atoms with Crippen molar-refractivity contribution in [1.82, 2.24) is 0 Å². The molecule has 2 heteroatoms. The van der Waals surface area contributed by atoms with Crippen LogP contribution in [0.15, 0.2) is 24.3 Å². The highest BCUT2D eigenvalue weighted by molar-refractivity contribution is 5.47. The third-order valence-electron chi connectivity index (χ3n) is 2.97. The average molecular weight is 220 g/mol. The van der Waals surface area contributed by atoms with Gasteiger partial charge in [0.05, 0.1) is 0 Å². The Kier molecular flexibility index (Phi) is 5.33. The van der Waals surface area contributed by atoms with Crippen LogP contribution in [-0.4, -0.2) is 19.6 Å². The van der Waals surface area contributed by atoms with E-state index in [0.29, 0.717) is 5.92 Å². The van der Waals surface area contributed by atoms with Crippen molar-refractivity contribution in [1.29, 1.82) is 0 Å². The van der Waals surface area contributed by atoms with Crippen LogP contribution in [0.2, 0.25) is 0 Å². The molecule has 0 aromatic heterocycles. The lowest BCUT2D eigenvalue weighted by atomic mass is 10.1. The van der Waals surface area contributed by atoms with E-state index < -0.39 is 0 Å². The van der Waals surface area contributed by atoms with E-state index in [9.17, 15) is 0 Å². The van der Waals surface area contributed by atoms with E-state index in [2.05, 4.69) is 49.9 Å². The van der Waals surface area contributed by atoms with Gasteiger partial charge in [0, 0.05) is 18.8 Å². The lowest BCUT2D eigenvalue weighted by Crippen LogP contribution is -2.29. The molecule has 1 aromatic carbocycles. The number of hydrogen-bond donors (Lipinski definition) is 1. The number of hydrogen-bond acceptors (Lipinski definition) is 2. The van der Waals surface area contributed by atoms with E-state index in [4.69, 9.17) is 5.73 Å². The predicted molar refractivity (Wildman–Crippen MR) is 71.9 cm³/mol. The lowest BCUT2D eigenvalue weighted by molar-refractivity contribution is 0.529. The summed E-state index contributed by atoms with van der Waals surface area (Å²) >= 11 is 0. The fourth-order valence-corrected chi connectivity index (χ4v) is 1.92. The van der Waals surface area contributed by atoms with Crippen LogP contribution in [0, 0.1) is 12.8 Å². The van der Waals surface area contributed by atoms with Gasteiger partial charge < -0.3 is 10.6 Å². The van der Waals surface area contributed by atoms with Crippen LogP contribution in [-0.2, 0) is 0 Å². The molecule has 1 rings (SSSR count). The highest BCUT2D eigenvalue weighted by Gasteiger charge is 2.08. The Labute approximate surface area is 99.5 Å². The Balaban J connectivity index is 2.63. The molecule has 0 radical (unpaired) electrons. The van der Waals surface area contributed by atoms with E-state index >= 15 is 0 Å². The van der Waals surface area contributed by atoms with Crippen LogP contribution in [0.25, 0.3) is 0 Å². The molecule has 0 amide bonds. The Morgan fingerprint density at radius 2 is 1.88 bits per heavy atom. The van der Waals surface area contributed by atoms with E-state index in [1.807, 2.05) is 0 Å². The van der Waals surface area contributed by atoms with E-state index in [-0.39, 0.29) is 0 Å². The zero-order valence-corrected chi connectivity index (χ0v) is 10.7. The van der Waals surface area contributed by atoms with Crippen LogP contribution in [0.5, 0.6) is 0 Å². The molecule has 1 aromatic rings. The highest BCUT2D eigenvalue weighted by Crippen LogP contribution is 2.17. The Morgan fingerprint density at radius 3 is 2.38 bits per heavy atom. The molecule has 0 spiro atoms. The molecule has 1 atom stereocenters. The van der Waals surface area contributed by atoms with Crippen molar-refractivity contribution < 1.29 is 0 Å². The summed E-state index contributed by atoms with van der Waals surface area (Å²) in [6.45, 7) is 9.52. The zero-order valence-electron chi connectivity index (χ0n) is 10.7. The third kappa shape index (κ3) is 3.86. The van der Waals surface area contributed by atoms with Crippen molar-refractivity contribution >= 4 is 5.69 Å². The molecule has 16 heavy (non-hydrogen) atoms. The molecule has 2 N–H and O–H groups in total. The minimum absolute atomic E-state index is 0.659. The summed E-state index contributed by atoms with van der Waals surface area (Å²) in [7, 11) is 0. The number of benzene rings is 1. The minimum Gasteiger partial charge on any atom is -0.372 e. The normalized spacial score (nSPS) is 12.5. The van der Waals surface area contributed by atoms with Gasteiger partial charge in [-0.15, -0.1) is 0 Å². The first-order valence-electron chi connectivity index (χ1n) is 6.19. The summed E-state index contributed by atoms with van der Waals surface area (Å²) in [5.74, 6) is 0.659. The van der Waals surface area contributed by atoms with Gasteiger partial charge in [-0.3, -0.25) is 0 Å². The van der Waals surface area contributed by atoms with Crippen molar-refractivity contribution in [3.8, 4) is 0 Å². The molecule has 1 unspecified atom stereocenters. The first-order valence-corrected chi connectivity index (χ1v) is 6.19. The topological polar surface area (TPSA) is 29.3 Å². The SMILES string of the molecule is CCN(CC(C)CCN)c1ccc(C)cc1. The van der Waals surface area contributed by atoms with Gasteiger partial charge in [-0.05, 0) is 44.9 Å². The van der Waals surface area contributed by atoms with Crippen LogP contribution >= 0.6 is 0 Å². The van der Waals surface area contributed by atoms with Gasteiger partial charge in [0.1, 0.15) is 0 Å². The van der Waals surface area contributed by atoms with Crippen molar-refractivity contribution in [3.63, 3.8) is 0 Å². The molecular weight excluding hydrogens is 196 g/mol. The second-order valence-electron chi connectivity index (χ2n) is 4.56. The Hall–Kier alpha value is -1.02. The van der Waals surface area contributed by atoms with Gasteiger partial charge in [0.25, 0.3) is 0 Å². The quantitative estimate of drug-likeness (QED) is 0.798. The molecule has 0 aliphatic carbocycles. The van der Waals surface area contributed by atoms with Crippen molar-refractivity contribution in [3.05, 3.63) is 29.8 Å². The maximum absolute atomic E-state index is 5.59. The molecule has 0 fully saturated rings. The molecule has 2 nitrogen and oxygen atoms in total. The lowest BCUT2D eigenvalue weighted by Gasteiger charge is -2.26. The standard InChI is InChI=1S/C14H24N2/c1-4-16(11-13(3)9-10-15)14-7-5-12(2)6-8-14/h5-8,13H,4,9-11,15H2,1-3H3. The first-order chi connectivity index (χ1) is 7.67. The molecular formula is C14H24N2. The van der Waals surface area contributed by atoms with Gasteiger partial charge in [-0.1, -0.05) is 24.6 Å². The molecule has 0 bridgehead atoms. The second kappa shape index (κ2) is 6.54. The summed E-state index contributed by atoms with van der Waals surface area (Å²) in [6, 6.07) is 8.75. The van der Waals surface area contributed by atoms with E-state index in [1.165, 1.54) is 11.3 Å². The van der Waals surface area contributed by atoms with Crippen molar-refractivity contribution in [2.45, 2.75) is 27.2 Å². The monoisotopic (exact) mass is 220 g/mol. The summed E-state index contributed by atoms with van der Waals surface area (Å²) in [5, 5.41) is 0. The number of rotatable bonds is 6. The maximum Gasteiger partial charge on any atom is 0.0366 e. The summed E-state index contributed by atoms with van der Waals surface area (Å²) in [4.78, 5) is 2.42. The predicted octanol–water partition coefficient (Wildman–Crippen LogP) is 2.81. The molecule has 0 aliphatic heterocycles. The molecule has 0 aliphatic rings. The van der Waals surface area contributed by atoms with Gasteiger partial charge in [-0.25, -0.2) is 0 Å². The number of anilines is 1. The van der Waals surface area contributed by atoms with E-state index in [0.717, 1.165) is 26.1 Å². The number of nitrogens with two attached hydrogens (primary N) is 1. The summed E-state index contributed by atoms with van der Waals surface area (Å²) in [6.07, 6.45) is 1.10. The van der Waals surface area contributed by atoms with Gasteiger partial charge in [0.2, 0.25) is 0 Å².